The first kappa shape index (κ1) is 20.1. The Bertz CT molecular complexity index is 940. The Labute approximate surface area is 172 Å². The maximum absolute atomic E-state index is 12.0. The molecule has 5 nitrogen and oxygen atoms in total. The summed E-state index contributed by atoms with van der Waals surface area (Å²) < 4.78 is 6.50. The Hall–Kier alpha value is -2.64. The Morgan fingerprint density at radius 1 is 1.25 bits per heavy atom. The van der Waals surface area contributed by atoms with Gasteiger partial charge >= 0.3 is 0 Å². The van der Waals surface area contributed by atoms with E-state index in [0.29, 0.717) is 0 Å². The zero-order chi connectivity index (χ0) is 19.8. The van der Waals surface area contributed by atoms with Gasteiger partial charge in [-0.1, -0.05) is 54.2 Å². The minimum atomic E-state index is -0.174. The number of hydrogen-bond donors (Lipinski definition) is 1. The molecule has 0 spiro atoms. The summed E-state index contributed by atoms with van der Waals surface area (Å²) in [5.74, 6) is 0.862. The summed E-state index contributed by atoms with van der Waals surface area (Å²) in [5.41, 5.74) is 5.40. The van der Waals surface area contributed by atoms with Crippen molar-refractivity contribution in [2.75, 3.05) is 5.75 Å². The number of nitrogens with zero attached hydrogens (tertiary/aromatic N) is 2. The molecule has 0 aliphatic heterocycles. The number of ether oxygens (including phenoxy) is 1. The van der Waals surface area contributed by atoms with Gasteiger partial charge < -0.3 is 4.74 Å². The molecule has 0 fully saturated rings. The predicted octanol–water partition coefficient (Wildman–Crippen LogP) is 4.84. The van der Waals surface area contributed by atoms with Gasteiger partial charge in [-0.15, -0.1) is 11.3 Å². The molecular weight excluding hydrogens is 390 g/mol. The van der Waals surface area contributed by atoms with Crippen LogP contribution in [-0.4, -0.2) is 29.0 Å². The maximum Gasteiger partial charge on any atom is 0.250 e. The van der Waals surface area contributed by atoms with Crippen LogP contribution >= 0.6 is 23.1 Å². The minimum Gasteiger partial charge on any atom is -0.491 e. The van der Waals surface area contributed by atoms with Crippen molar-refractivity contribution in [2.45, 2.75) is 24.3 Å². The van der Waals surface area contributed by atoms with Crippen LogP contribution in [-0.2, 0) is 4.79 Å². The number of thioether (sulfide) groups is 1. The monoisotopic (exact) mass is 411 g/mol. The molecule has 3 aromatic rings. The van der Waals surface area contributed by atoms with E-state index in [1.807, 2.05) is 73.8 Å². The molecule has 144 valence electrons. The summed E-state index contributed by atoms with van der Waals surface area (Å²) in [6.07, 6.45) is 1.71. The van der Waals surface area contributed by atoms with E-state index in [-0.39, 0.29) is 17.8 Å². The second-order valence-electron chi connectivity index (χ2n) is 6.19. The lowest BCUT2D eigenvalue weighted by molar-refractivity contribution is -0.118. The second kappa shape index (κ2) is 10.1. The van der Waals surface area contributed by atoms with Gasteiger partial charge in [-0.2, -0.15) is 5.10 Å². The normalized spacial score (nSPS) is 11.1. The van der Waals surface area contributed by atoms with Crippen LogP contribution in [0.5, 0.6) is 5.75 Å². The second-order valence-corrected chi connectivity index (χ2v) is 8.27. The molecule has 0 aliphatic carbocycles. The van der Waals surface area contributed by atoms with Gasteiger partial charge in [0.2, 0.25) is 0 Å². The van der Waals surface area contributed by atoms with Crippen molar-refractivity contribution in [1.82, 2.24) is 10.4 Å². The van der Waals surface area contributed by atoms with E-state index in [1.54, 1.807) is 6.21 Å². The van der Waals surface area contributed by atoms with Crippen molar-refractivity contribution in [3.05, 3.63) is 65.5 Å². The van der Waals surface area contributed by atoms with Crippen LogP contribution in [0.15, 0.2) is 69.4 Å². The first-order valence-electron chi connectivity index (χ1n) is 8.82. The number of aromatic nitrogens is 1. The summed E-state index contributed by atoms with van der Waals surface area (Å²) in [5, 5.41) is 6.02. The number of amides is 1. The van der Waals surface area contributed by atoms with E-state index in [9.17, 15) is 4.79 Å². The van der Waals surface area contributed by atoms with Crippen molar-refractivity contribution in [3.63, 3.8) is 0 Å². The topological polar surface area (TPSA) is 63.6 Å². The van der Waals surface area contributed by atoms with Gasteiger partial charge in [0.1, 0.15) is 5.75 Å². The third-order valence-electron chi connectivity index (χ3n) is 3.51. The van der Waals surface area contributed by atoms with Gasteiger partial charge in [0.25, 0.3) is 5.91 Å². The molecule has 1 aromatic heterocycles. The van der Waals surface area contributed by atoms with Crippen LogP contribution in [0.2, 0.25) is 0 Å². The van der Waals surface area contributed by atoms with Crippen LogP contribution in [0.1, 0.15) is 19.4 Å². The third-order valence-corrected chi connectivity index (χ3v) is 5.53. The van der Waals surface area contributed by atoms with Gasteiger partial charge in [-0.25, -0.2) is 10.4 Å². The highest BCUT2D eigenvalue weighted by Gasteiger charge is 2.07. The van der Waals surface area contributed by atoms with E-state index in [4.69, 9.17) is 4.74 Å². The Morgan fingerprint density at radius 2 is 2.07 bits per heavy atom. The van der Waals surface area contributed by atoms with Crippen LogP contribution in [0.25, 0.3) is 11.3 Å². The summed E-state index contributed by atoms with van der Waals surface area (Å²) in [6.45, 7) is 3.95. The lowest BCUT2D eigenvalue weighted by Gasteiger charge is -2.09. The molecule has 1 N–H and O–H groups in total. The number of hydrazone groups is 1. The Balaban J connectivity index is 1.47. The molecule has 0 radical (unpaired) electrons. The van der Waals surface area contributed by atoms with Crippen molar-refractivity contribution >= 4 is 35.2 Å². The van der Waals surface area contributed by atoms with Crippen LogP contribution in [0.4, 0.5) is 0 Å². The van der Waals surface area contributed by atoms with Gasteiger partial charge in [-0.05, 0) is 31.5 Å². The molecule has 0 saturated heterocycles. The molecule has 1 heterocycles. The van der Waals surface area contributed by atoms with E-state index in [0.717, 1.165) is 26.9 Å². The first-order chi connectivity index (χ1) is 13.6. The molecule has 0 unspecified atom stereocenters. The third kappa shape index (κ3) is 6.21. The lowest BCUT2D eigenvalue weighted by atomic mass is 10.2. The van der Waals surface area contributed by atoms with Crippen LogP contribution in [0, 0.1) is 0 Å². The van der Waals surface area contributed by atoms with E-state index in [1.165, 1.54) is 23.1 Å². The van der Waals surface area contributed by atoms with Crippen molar-refractivity contribution in [2.24, 2.45) is 5.10 Å². The molecule has 2 aromatic carbocycles. The Kier molecular flexibility index (Phi) is 7.22. The number of nitrogens with one attached hydrogen (secondary N) is 1. The summed E-state index contributed by atoms with van der Waals surface area (Å²) in [6, 6.07) is 17.6. The van der Waals surface area contributed by atoms with Gasteiger partial charge in [-0.3, -0.25) is 4.79 Å². The summed E-state index contributed by atoms with van der Waals surface area (Å²) in [4.78, 5) is 16.6. The summed E-state index contributed by atoms with van der Waals surface area (Å²) >= 11 is 2.93. The van der Waals surface area contributed by atoms with Crippen molar-refractivity contribution in [1.29, 1.82) is 0 Å². The first-order valence-corrected chi connectivity index (χ1v) is 10.7. The van der Waals surface area contributed by atoms with Crippen molar-refractivity contribution < 1.29 is 9.53 Å². The fourth-order valence-corrected chi connectivity index (χ4v) is 3.97. The smallest absolute Gasteiger partial charge is 0.250 e. The van der Waals surface area contributed by atoms with E-state index >= 15 is 0 Å². The average molecular weight is 412 g/mol. The zero-order valence-electron chi connectivity index (χ0n) is 15.7. The van der Waals surface area contributed by atoms with Gasteiger partial charge in [0.05, 0.1) is 23.8 Å². The van der Waals surface area contributed by atoms with E-state index < -0.39 is 0 Å². The van der Waals surface area contributed by atoms with Crippen LogP contribution < -0.4 is 10.2 Å². The highest BCUT2D eigenvalue weighted by molar-refractivity contribution is 8.01. The van der Waals surface area contributed by atoms with Crippen LogP contribution in [0.3, 0.4) is 0 Å². The highest BCUT2D eigenvalue weighted by atomic mass is 32.2. The maximum atomic E-state index is 12.0. The zero-order valence-corrected chi connectivity index (χ0v) is 17.3. The molecular formula is C21H21N3O2S2. The van der Waals surface area contributed by atoms with E-state index in [2.05, 4.69) is 15.5 Å². The number of benzene rings is 2. The fraction of sp³-hybridized carbons (Fsp3) is 0.190. The minimum absolute atomic E-state index is 0.109. The highest BCUT2D eigenvalue weighted by Crippen LogP contribution is 2.27. The number of carbonyl (C=O) groups excluding carboxylic acids is 1. The molecule has 0 saturated carbocycles. The molecule has 0 bridgehead atoms. The van der Waals surface area contributed by atoms with Gasteiger partial charge in [0.15, 0.2) is 4.34 Å². The van der Waals surface area contributed by atoms with Crippen molar-refractivity contribution in [3.8, 4) is 17.0 Å². The number of rotatable bonds is 8. The number of hydrogen-bond acceptors (Lipinski definition) is 6. The summed E-state index contributed by atoms with van der Waals surface area (Å²) in [7, 11) is 0. The fourth-order valence-electron chi connectivity index (χ4n) is 2.34. The predicted molar refractivity (Wildman–Crippen MR) is 116 cm³/mol. The SMILES string of the molecule is CC(C)Oc1cccc(/C=N/NC(=O)CSc2nc(-c3ccccc3)cs2)c1. The molecule has 3 rings (SSSR count). The molecule has 7 heteroatoms. The largest absolute Gasteiger partial charge is 0.491 e. The number of thiazole rings is 1. The lowest BCUT2D eigenvalue weighted by Crippen LogP contribution is -2.19. The molecule has 0 atom stereocenters. The number of carbonyl (C=O) groups is 1. The molecule has 1 amide bonds. The standard InChI is InChI=1S/C21H21N3O2S2/c1-15(2)26-18-10-6-7-16(11-18)12-22-24-20(25)14-28-21-23-19(13-27-21)17-8-4-3-5-9-17/h3-13,15H,14H2,1-2H3,(H,24,25)/b22-12+. The quantitative estimate of drug-likeness (QED) is 0.327. The molecule has 28 heavy (non-hydrogen) atoms. The molecule has 0 aliphatic rings. The van der Waals surface area contributed by atoms with Gasteiger partial charge in [0, 0.05) is 10.9 Å². The average Bonchev–Trinajstić information content (AvgIpc) is 3.16. The Morgan fingerprint density at radius 3 is 2.86 bits per heavy atom.